The van der Waals surface area contributed by atoms with Crippen LogP contribution in [0.4, 0.5) is 5.69 Å². The second-order valence-electron chi connectivity index (χ2n) is 7.92. The SMILES string of the molecule is CN=C(NCCCN1CCN(c2cccc(Cl)c2)CC1)N1CCC(C(=O)OC)CC1. The van der Waals surface area contributed by atoms with Crippen LogP contribution in [0.3, 0.4) is 0 Å². The van der Waals surface area contributed by atoms with Crippen molar-refractivity contribution in [3.8, 4) is 0 Å². The maximum Gasteiger partial charge on any atom is 0.308 e. The van der Waals surface area contributed by atoms with E-state index in [1.807, 2.05) is 25.2 Å². The molecule has 1 aromatic rings. The number of anilines is 1. The van der Waals surface area contributed by atoms with E-state index in [9.17, 15) is 4.79 Å². The molecule has 0 saturated carbocycles. The molecule has 1 N–H and O–H groups in total. The number of guanidine groups is 1. The Labute approximate surface area is 185 Å². The predicted octanol–water partition coefficient (Wildman–Crippen LogP) is 2.31. The third-order valence-electron chi connectivity index (χ3n) is 6.02. The van der Waals surface area contributed by atoms with Crippen LogP contribution in [0.1, 0.15) is 19.3 Å². The van der Waals surface area contributed by atoms with Crippen molar-refractivity contribution >= 4 is 29.2 Å². The second-order valence-corrected chi connectivity index (χ2v) is 8.36. The molecule has 7 nitrogen and oxygen atoms in total. The summed E-state index contributed by atoms with van der Waals surface area (Å²) in [6.07, 6.45) is 2.73. The van der Waals surface area contributed by atoms with E-state index < -0.39 is 0 Å². The first-order valence-corrected chi connectivity index (χ1v) is 11.2. The summed E-state index contributed by atoms with van der Waals surface area (Å²) in [5, 5.41) is 4.28. The molecule has 0 spiro atoms. The summed E-state index contributed by atoms with van der Waals surface area (Å²) < 4.78 is 4.87. The molecule has 0 amide bonds. The third kappa shape index (κ3) is 6.25. The zero-order valence-electron chi connectivity index (χ0n) is 18.1. The van der Waals surface area contributed by atoms with Crippen molar-refractivity contribution in [1.82, 2.24) is 15.1 Å². The molecule has 0 radical (unpaired) electrons. The van der Waals surface area contributed by atoms with Crippen molar-refractivity contribution < 1.29 is 9.53 Å². The van der Waals surface area contributed by atoms with Crippen LogP contribution in [0, 0.1) is 5.92 Å². The highest BCUT2D eigenvalue weighted by atomic mass is 35.5. The topological polar surface area (TPSA) is 60.4 Å². The smallest absolute Gasteiger partial charge is 0.308 e. The fraction of sp³-hybridized carbons (Fsp3) is 0.636. The van der Waals surface area contributed by atoms with Crippen LogP contribution in [-0.2, 0) is 9.53 Å². The summed E-state index contributed by atoms with van der Waals surface area (Å²) in [6, 6.07) is 8.11. The van der Waals surface area contributed by atoms with Gasteiger partial charge < -0.3 is 19.9 Å². The van der Waals surface area contributed by atoms with Gasteiger partial charge in [0.15, 0.2) is 5.96 Å². The van der Waals surface area contributed by atoms with Crippen molar-refractivity contribution in [3.05, 3.63) is 29.3 Å². The number of halogens is 1. The van der Waals surface area contributed by atoms with Gasteiger partial charge in [-0.15, -0.1) is 0 Å². The number of benzene rings is 1. The number of hydrogen-bond acceptors (Lipinski definition) is 5. The molecule has 1 aromatic carbocycles. The minimum atomic E-state index is -0.0898. The maximum absolute atomic E-state index is 11.7. The number of methoxy groups -OCH3 is 1. The number of ether oxygens (including phenoxy) is 1. The van der Waals surface area contributed by atoms with Gasteiger partial charge >= 0.3 is 5.97 Å². The van der Waals surface area contributed by atoms with Crippen molar-refractivity contribution in [2.24, 2.45) is 10.9 Å². The Morgan fingerprint density at radius 2 is 1.93 bits per heavy atom. The van der Waals surface area contributed by atoms with Crippen LogP contribution in [-0.4, -0.2) is 88.2 Å². The van der Waals surface area contributed by atoms with Crippen molar-refractivity contribution in [2.45, 2.75) is 19.3 Å². The van der Waals surface area contributed by atoms with E-state index in [2.05, 4.69) is 31.1 Å². The summed E-state index contributed by atoms with van der Waals surface area (Å²) in [7, 11) is 3.29. The Hall–Kier alpha value is -1.99. The Kier molecular flexibility index (Phi) is 8.63. The van der Waals surface area contributed by atoms with Crippen LogP contribution in [0.5, 0.6) is 0 Å². The van der Waals surface area contributed by atoms with E-state index >= 15 is 0 Å². The predicted molar refractivity (Wildman–Crippen MR) is 122 cm³/mol. The summed E-state index contributed by atoms with van der Waals surface area (Å²) in [5.74, 6) is 0.868. The van der Waals surface area contributed by atoms with Gasteiger partial charge in [0, 0.05) is 63.6 Å². The normalized spacial score (nSPS) is 19.1. The number of carbonyl (C=O) groups is 1. The molecular weight excluding hydrogens is 402 g/mol. The van der Waals surface area contributed by atoms with Gasteiger partial charge in [-0.2, -0.15) is 0 Å². The van der Waals surface area contributed by atoms with E-state index in [4.69, 9.17) is 16.3 Å². The summed E-state index contributed by atoms with van der Waals surface area (Å²) in [4.78, 5) is 23.3. The Morgan fingerprint density at radius 1 is 1.20 bits per heavy atom. The molecule has 0 atom stereocenters. The number of carbonyl (C=O) groups excluding carboxylic acids is 1. The molecule has 0 aromatic heterocycles. The fourth-order valence-electron chi connectivity index (χ4n) is 4.23. The summed E-state index contributed by atoms with van der Waals surface area (Å²) in [6.45, 7) is 7.87. The van der Waals surface area contributed by atoms with Gasteiger partial charge in [0.05, 0.1) is 13.0 Å². The van der Waals surface area contributed by atoms with E-state index in [0.717, 1.165) is 82.6 Å². The molecule has 0 bridgehead atoms. The van der Waals surface area contributed by atoms with E-state index in [-0.39, 0.29) is 11.9 Å². The van der Waals surface area contributed by atoms with Gasteiger partial charge in [0.2, 0.25) is 0 Å². The average Bonchev–Trinajstić information content (AvgIpc) is 2.79. The van der Waals surface area contributed by atoms with Crippen molar-refractivity contribution in [1.29, 1.82) is 0 Å². The molecule has 0 aliphatic carbocycles. The van der Waals surface area contributed by atoms with Gasteiger partial charge in [-0.3, -0.25) is 14.7 Å². The lowest BCUT2D eigenvalue weighted by atomic mass is 9.97. The van der Waals surface area contributed by atoms with Gasteiger partial charge in [-0.1, -0.05) is 17.7 Å². The lowest BCUT2D eigenvalue weighted by Gasteiger charge is -2.36. The Bertz CT molecular complexity index is 713. The first-order chi connectivity index (χ1) is 14.6. The summed E-state index contributed by atoms with van der Waals surface area (Å²) in [5.41, 5.74) is 1.21. The molecule has 2 aliphatic heterocycles. The quantitative estimate of drug-likeness (QED) is 0.320. The maximum atomic E-state index is 11.7. The number of aliphatic imine (C=N–C) groups is 1. The number of likely N-dealkylation sites (tertiary alicyclic amines) is 1. The molecule has 2 saturated heterocycles. The standard InChI is InChI=1S/C22H34ClN5O2/c1-24-22(28-11-7-18(8-12-28)21(29)30-2)25-9-4-10-26-13-15-27(16-14-26)20-6-3-5-19(23)17-20/h3,5-6,17-18H,4,7-16H2,1-2H3,(H,24,25). The number of rotatable bonds is 6. The second kappa shape index (κ2) is 11.4. The number of hydrogen-bond donors (Lipinski definition) is 1. The van der Waals surface area contributed by atoms with Crippen LogP contribution < -0.4 is 10.2 Å². The third-order valence-corrected chi connectivity index (χ3v) is 6.26. The first kappa shape index (κ1) is 22.7. The molecule has 8 heteroatoms. The lowest BCUT2D eigenvalue weighted by molar-refractivity contribution is -0.146. The van der Waals surface area contributed by atoms with Gasteiger partial charge in [0.25, 0.3) is 0 Å². The fourth-order valence-corrected chi connectivity index (χ4v) is 4.42. The van der Waals surface area contributed by atoms with Crippen molar-refractivity contribution in [2.75, 3.05) is 71.4 Å². The van der Waals surface area contributed by atoms with E-state index in [0.29, 0.717) is 0 Å². The molecule has 0 unspecified atom stereocenters. The van der Waals surface area contributed by atoms with Crippen LogP contribution in [0.2, 0.25) is 5.02 Å². The average molecular weight is 436 g/mol. The molecule has 30 heavy (non-hydrogen) atoms. The van der Waals surface area contributed by atoms with E-state index in [1.54, 1.807) is 0 Å². The summed E-state index contributed by atoms with van der Waals surface area (Å²) >= 11 is 6.12. The van der Waals surface area contributed by atoms with Crippen LogP contribution in [0.15, 0.2) is 29.3 Å². The first-order valence-electron chi connectivity index (χ1n) is 10.9. The highest BCUT2D eigenvalue weighted by molar-refractivity contribution is 6.30. The molecule has 166 valence electrons. The lowest BCUT2D eigenvalue weighted by Crippen LogP contribution is -2.48. The number of nitrogens with one attached hydrogen (secondary N) is 1. The number of nitrogens with zero attached hydrogens (tertiary/aromatic N) is 4. The Balaban J connectivity index is 1.32. The number of esters is 1. The number of piperidine rings is 1. The zero-order chi connectivity index (χ0) is 21.3. The highest BCUT2D eigenvalue weighted by Crippen LogP contribution is 2.21. The molecule has 2 fully saturated rings. The molecular formula is C22H34ClN5O2. The molecule has 2 heterocycles. The van der Waals surface area contributed by atoms with Gasteiger partial charge in [-0.05, 0) is 44.0 Å². The minimum absolute atomic E-state index is 0.0231. The number of piperazine rings is 1. The zero-order valence-corrected chi connectivity index (χ0v) is 18.9. The monoisotopic (exact) mass is 435 g/mol. The van der Waals surface area contributed by atoms with Gasteiger partial charge in [-0.25, -0.2) is 0 Å². The van der Waals surface area contributed by atoms with E-state index in [1.165, 1.54) is 12.8 Å². The van der Waals surface area contributed by atoms with Crippen molar-refractivity contribution in [3.63, 3.8) is 0 Å². The Morgan fingerprint density at radius 3 is 2.57 bits per heavy atom. The van der Waals surface area contributed by atoms with Crippen LogP contribution >= 0.6 is 11.6 Å². The minimum Gasteiger partial charge on any atom is -0.469 e. The largest absolute Gasteiger partial charge is 0.469 e. The molecule has 3 rings (SSSR count). The van der Waals surface area contributed by atoms with Crippen LogP contribution in [0.25, 0.3) is 0 Å². The highest BCUT2D eigenvalue weighted by Gasteiger charge is 2.27. The molecule has 2 aliphatic rings. The van der Waals surface area contributed by atoms with Gasteiger partial charge in [0.1, 0.15) is 0 Å².